The van der Waals surface area contributed by atoms with E-state index in [0.717, 1.165) is 13.1 Å². The van der Waals surface area contributed by atoms with E-state index >= 15 is 0 Å². The Balaban J connectivity index is 3.58. The van der Waals surface area contributed by atoms with Crippen molar-refractivity contribution >= 4 is 0 Å². The molecule has 0 aromatic rings. The molecular formula is C15H34N2. The van der Waals surface area contributed by atoms with Gasteiger partial charge in [-0.25, -0.2) is 0 Å². The number of rotatable bonds is 10. The van der Waals surface area contributed by atoms with Crippen molar-refractivity contribution < 1.29 is 0 Å². The lowest BCUT2D eigenvalue weighted by Gasteiger charge is -2.28. The minimum atomic E-state index is 0.299. The summed E-state index contributed by atoms with van der Waals surface area (Å²) in [6, 6.07) is 0. The molecule has 0 bridgehead atoms. The highest BCUT2D eigenvalue weighted by Gasteiger charge is 2.16. The highest BCUT2D eigenvalue weighted by molar-refractivity contribution is 4.78. The Morgan fingerprint density at radius 2 is 1.06 bits per heavy atom. The van der Waals surface area contributed by atoms with Crippen LogP contribution >= 0.6 is 0 Å². The van der Waals surface area contributed by atoms with Gasteiger partial charge < -0.3 is 10.6 Å². The first-order valence-corrected chi connectivity index (χ1v) is 7.33. The quantitative estimate of drug-likeness (QED) is 0.571. The second-order valence-electron chi connectivity index (χ2n) is 6.47. The second-order valence-corrected chi connectivity index (χ2v) is 6.47. The van der Waals surface area contributed by atoms with Crippen molar-refractivity contribution in [3.63, 3.8) is 0 Å². The standard InChI is InChI=1S/C15H34N2/c1-7-10-14(3,4)16-12-9-13-17-15(5,6)11-8-2/h16-17H,7-13H2,1-6H3. The Morgan fingerprint density at radius 1 is 0.706 bits per heavy atom. The fraction of sp³-hybridized carbons (Fsp3) is 1.00. The molecule has 0 aromatic carbocycles. The van der Waals surface area contributed by atoms with Crippen molar-refractivity contribution in [2.45, 2.75) is 84.7 Å². The van der Waals surface area contributed by atoms with Gasteiger partial charge in [-0.05, 0) is 60.0 Å². The first kappa shape index (κ1) is 16.9. The summed E-state index contributed by atoms with van der Waals surface area (Å²) in [4.78, 5) is 0. The van der Waals surface area contributed by atoms with Crippen molar-refractivity contribution in [3.05, 3.63) is 0 Å². The van der Waals surface area contributed by atoms with Gasteiger partial charge in [0.1, 0.15) is 0 Å². The molecule has 0 amide bonds. The fourth-order valence-corrected chi connectivity index (χ4v) is 2.37. The third kappa shape index (κ3) is 9.61. The Bertz CT molecular complexity index is 165. The van der Waals surface area contributed by atoms with E-state index in [9.17, 15) is 0 Å². The second kappa shape index (κ2) is 8.10. The summed E-state index contributed by atoms with van der Waals surface area (Å²) >= 11 is 0. The molecule has 0 saturated carbocycles. The third-order valence-electron chi connectivity index (χ3n) is 3.31. The predicted molar refractivity (Wildman–Crippen MR) is 78.6 cm³/mol. The Hall–Kier alpha value is -0.0800. The summed E-state index contributed by atoms with van der Waals surface area (Å²) in [6.07, 6.45) is 6.22. The molecule has 0 aliphatic rings. The van der Waals surface area contributed by atoms with E-state index in [2.05, 4.69) is 52.2 Å². The molecule has 0 aliphatic carbocycles. The third-order valence-corrected chi connectivity index (χ3v) is 3.31. The zero-order valence-electron chi connectivity index (χ0n) is 12.9. The molecule has 0 aromatic heterocycles. The van der Waals surface area contributed by atoms with E-state index in [1.54, 1.807) is 0 Å². The average Bonchev–Trinajstić information content (AvgIpc) is 2.16. The molecule has 0 aliphatic heterocycles. The summed E-state index contributed by atoms with van der Waals surface area (Å²) in [5.41, 5.74) is 0.599. The minimum Gasteiger partial charge on any atom is -0.312 e. The molecule has 0 rings (SSSR count). The number of hydrogen-bond acceptors (Lipinski definition) is 2. The SMILES string of the molecule is CCCC(C)(C)NCCCNC(C)(C)CCC. The van der Waals surface area contributed by atoms with Crippen LogP contribution in [0.15, 0.2) is 0 Å². The van der Waals surface area contributed by atoms with Crippen LogP contribution in [0.2, 0.25) is 0 Å². The van der Waals surface area contributed by atoms with Crippen molar-refractivity contribution in [2.75, 3.05) is 13.1 Å². The van der Waals surface area contributed by atoms with Gasteiger partial charge in [-0.15, -0.1) is 0 Å². The highest BCUT2D eigenvalue weighted by Crippen LogP contribution is 2.11. The normalized spacial score (nSPS) is 13.1. The van der Waals surface area contributed by atoms with E-state index in [1.165, 1.54) is 32.1 Å². The lowest BCUT2D eigenvalue weighted by molar-refractivity contribution is 0.332. The van der Waals surface area contributed by atoms with E-state index in [-0.39, 0.29) is 0 Å². The molecule has 104 valence electrons. The summed E-state index contributed by atoms with van der Waals surface area (Å²) in [6.45, 7) is 15.9. The molecule has 0 radical (unpaired) electrons. The molecule has 2 nitrogen and oxygen atoms in total. The first-order valence-electron chi connectivity index (χ1n) is 7.33. The van der Waals surface area contributed by atoms with Crippen LogP contribution in [0, 0.1) is 0 Å². The molecule has 0 spiro atoms. The smallest absolute Gasteiger partial charge is 0.0125 e. The summed E-state index contributed by atoms with van der Waals surface area (Å²) in [7, 11) is 0. The van der Waals surface area contributed by atoms with E-state index in [4.69, 9.17) is 0 Å². The van der Waals surface area contributed by atoms with Crippen LogP contribution < -0.4 is 10.6 Å². The van der Waals surface area contributed by atoms with Crippen LogP contribution in [0.5, 0.6) is 0 Å². The van der Waals surface area contributed by atoms with Crippen LogP contribution in [0.1, 0.15) is 73.6 Å². The maximum atomic E-state index is 3.64. The van der Waals surface area contributed by atoms with Gasteiger partial charge in [0.15, 0.2) is 0 Å². The van der Waals surface area contributed by atoms with Crippen LogP contribution in [0.3, 0.4) is 0 Å². The zero-order valence-corrected chi connectivity index (χ0v) is 12.9. The Kier molecular flexibility index (Phi) is 8.06. The van der Waals surface area contributed by atoms with Gasteiger partial charge in [0.05, 0.1) is 0 Å². The van der Waals surface area contributed by atoms with Crippen molar-refractivity contribution in [1.29, 1.82) is 0 Å². The lowest BCUT2D eigenvalue weighted by atomic mass is 9.98. The van der Waals surface area contributed by atoms with Crippen LogP contribution in [0.4, 0.5) is 0 Å². The minimum absolute atomic E-state index is 0.299. The zero-order chi connectivity index (χ0) is 13.4. The first-order chi connectivity index (χ1) is 7.83. The van der Waals surface area contributed by atoms with Crippen molar-refractivity contribution in [3.8, 4) is 0 Å². The molecule has 0 heterocycles. The predicted octanol–water partition coefficient (Wildman–Crippen LogP) is 3.71. The van der Waals surface area contributed by atoms with Crippen LogP contribution in [0.25, 0.3) is 0 Å². The maximum absolute atomic E-state index is 3.64. The maximum Gasteiger partial charge on any atom is 0.0125 e. The molecule has 0 fully saturated rings. The van der Waals surface area contributed by atoms with Gasteiger partial charge in [0.25, 0.3) is 0 Å². The van der Waals surface area contributed by atoms with Gasteiger partial charge in [-0.2, -0.15) is 0 Å². The highest BCUT2D eigenvalue weighted by atomic mass is 15.0. The molecular weight excluding hydrogens is 208 g/mol. The van der Waals surface area contributed by atoms with Gasteiger partial charge in [-0.3, -0.25) is 0 Å². The largest absolute Gasteiger partial charge is 0.312 e. The van der Waals surface area contributed by atoms with Gasteiger partial charge in [-0.1, -0.05) is 26.7 Å². The van der Waals surface area contributed by atoms with E-state index < -0.39 is 0 Å². The summed E-state index contributed by atoms with van der Waals surface area (Å²) in [5, 5.41) is 7.28. The monoisotopic (exact) mass is 242 g/mol. The topological polar surface area (TPSA) is 24.1 Å². The van der Waals surface area contributed by atoms with Gasteiger partial charge >= 0.3 is 0 Å². The Labute approximate surface area is 109 Å². The molecule has 2 N–H and O–H groups in total. The molecule has 17 heavy (non-hydrogen) atoms. The van der Waals surface area contributed by atoms with Crippen molar-refractivity contribution in [2.24, 2.45) is 0 Å². The van der Waals surface area contributed by atoms with Crippen molar-refractivity contribution in [1.82, 2.24) is 10.6 Å². The Morgan fingerprint density at radius 3 is 1.35 bits per heavy atom. The van der Waals surface area contributed by atoms with E-state index in [0.29, 0.717) is 11.1 Å². The molecule has 0 unspecified atom stereocenters. The summed E-state index contributed by atoms with van der Waals surface area (Å²) < 4.78 is 0. The fourth-order valence-electron chi connectivity index (χ4n) is 2.37. The molecule has 0 saturated heterocycles. The van der Waals surface area contributed by atoms with E-state index in [1.807, 2.05) is 0 Å². The van der Waals surface area contributed by atoms with Gasteiger partial charge in [0.2, 0.25) is 0 Å². The number of hydrogen-bond donors (Lipinski definition) is 2. The van der Waals surface area contributed by atoms with Gasteiger partial charge in [0, 0.05) is 11.1 Å². The van der Waals surface area contributed by atoms with Crippen LogP contribution in [-0.4, -0.2) is 24.2 Å². The average molecular weight is 242 g/mol. The number of nitrogens with one attached hydrogen (secondary N) is 2. The van der Waals surface area contributed by atoms with Crippen LogP contribution in [-0.2, 0) is 0 Å². The summed E-state index contributed by atoms with van der Waals surface area (Å²) in [5.74, 6) is 0. The molecule has 2 heteroatoms. The lowest BCUT2D eigenvalue weighted by Crippen LogP contribution is -2.43. The molecule has 0 atom stereocenters.